The average molecular weight is 721 g/mol. The summed E-state index contributed by atoms with van der Waals surface area (Å²) in [6, 6.07) is 34.8. The van der Waals surface area contributed by atoms with Gasteiger partial charge in [-0.1, -0.05) is 92.2 Å². The molecule has 0 aliphatic heterocycles. The molecule has 0 saturated heterocycles. The van der Waals surface area contributed by atoms with Crippen LogP contribution in [0.25, 0.3) is 62.3 Å². The van der Waals surface area contributed by atoms with Gasteiger partial charge >= 0.3 is 0 Å². The molecule has 6 nitrogen and oxygen atoms in total. The van der Waals surface area contributed by atoms with E-state index in [0.29, 0.717) is 11.6 Å². The number of hydrogen-bond acceptors (Lipinski definition) is 4. The number of aryl methyl sites for hydroxylation is 4. The molecule has 0 amide bonds. The Balaban J connectivity index is 0.000000156. The number of hydrogen-bond donors (Lipinski definition) is 0. The normalized spacial score (nSPS) is 14.3. The van der Waals surface area contributed by atoms with E-state index in [1.54, 1.807) is 10.1 Å². The highest BCUT2D eigenvalue weighted by Gasteiger charge is 2.37. The molecule has 0 N–H and O–H groups in total. The first-order valence-electron chi connectivity index (χ1n) is 19.4. The van der Waals surface area contributed by atoms with Gasteiger partial charge in [0, 0.05) is 29.3 Å². The maximum absolute atomic E-state index is 4.68. The fourth-order valence-electron chi connectivity index (χ4n) is 8.15. The highest BCUT2D eigenvalue weighted by atomic mass is 15.3. The molecule has 0 saturated carbocycles. The number of benzene rings is 4. The highest BCUT2D eigenvalue weighted by molar-refractivity contribution is 5.88. The second-order valence-electron chi connectivity index (χ2n) is 15.2. The summed E-state index contributed by atoms with van der Waals surface area (Å²) in [5, 5.41) is 9.22. The van der Waals surface area contributed by atoms with Gasteiger partial charge in [0.05, 0.1) is 0 Å². The van der Waals surface area contributed by atoms with Crippen LogP contribution in [-0.2, 0) is 12.0 Å². The molecular weight excluding hydrogens is 673 g/mol. The van der Waals surface area contributed by atoms with Crippen LogP contribution < -0.4 is 0 Å². The molecule has 0 radical (unpaired) electrons. The maximum Gasteiger partial charge on any atom is 0.182 e. The molecule has 0 fully saturated rings. The number of aromatic nitrogens is 6. The Bertz CT molecular complexity index is 2630. The fraction of sp³-hybridized carbons (Fsp3) is 0.224. The molecule has 0 bridgehead atoms. The van der Waals surface area contributed by atoms with E-state index in [1.165, 1.54) is 62.9 Å². The van der Waals surface area contributed by atoms with Crippen molar-refractivity contribution in [1.82, 2.24) is 29.4 Å². The molecule has 3 heterocycles. The lowest BCUT2D eigenvalue weighted by Crippen LogP contribution is -2.17. The van der Waals surface area contributed by atoms with Crippen molar-refractivity contribution in [2.24, 2.45) is 0 Å². The van der Waals surface area contributed by atoms with E-state index in [2.05, 4.69) is 153 Å². The van der Waals surface area contributed by atoms with Crippen molar-refractivity contribution in [3.8, 4) is 45.0 Å². The van der Waals surface area contributed by atoms with Crippen LogP contribution in [0.1, 0.15) is 74.2 Å². The van der Waals surface area contributed by atoms with Crippen LogP contribution in [0.15, 0.2) is 127 Å². The van der Waals surface area contributed by atoms with E-state index in [4.69, 9.17) is 0 Å². The Morgan fingerprint density at radius 3 is 2.20 bits per heavy atom. The summed E-state index contributed by atoms with van der Waals surface area (Å²) in [7, 11) is 0. The Morgan fingerprint density at radius 1 is 0.709 bits per heavy atom. The quantitative estimate of drug-likeness (QED) is 0.172. The molecule has 0 unspecified atom stereocenters. The van der Waals surface area contributed by atoms with Gasteiger partial charge in [-0.3, -0.25) is 0 Å². The molecule has 9 rings (SSSR count). The van der Waals surface area contributed by atoms with E-state index in [1.807, 2.05) is 48.2 Å². The van der Waals surface area contributed by atoms with Gasteiger partial charge < -0.3 is 0 Å². The fourth-order valence-corrected chi connectivity index (χ4v) is 8.15. The first kappa shape index (κ1) is 35.9. The van der Waals surface area contributed by atoms with E-state index in [9.17, 15) is 0 Å². The van der Waals surface area contributed by atoms with Gasteiger partial charge in [-0.25, -0.2) is 19.2 Å². The molecule has 274 valence electrons. The summed E-state index contributed by atoms with van der Waals surface area (Å²) < 4.78 is 3.69. The topological polar surface area (TPSA) is 60.9 Å². The Morgan fingerprint density at radius 2 is 1.44 bits per heavy atom. The Kier molecular flexibility index (Phi) is 9.52. The summed E-state index contributed by atoms with van der Waals surface area (Å²) in [5.74, 6) is 2.28. The molecule has 3 aromatic heterocycles. The highest BCUT2D eigenvalue weighted by Crippen LogP contribution is 2.51. The van der Waals surface area contributed by atoms with Gasteiger partial charge in [0.25, 0.3) is 0 Å². The lowest BCUT2D eigenvalue weighted by molar-refractivity contribution is 0.607. The summed E-state index contributed by atoms with van der Waals surface area (Å²) in [4.78, 5) is 9.30. The molecule has 2 aliphatic carbocycles. The third kappa shape index (κ3) is 6.78. The standard InChI is InChI=1S/C29H28.C20H20N6/c1-19-9-5-6-10-23(19)26-17-21(14-13-20(26)2)22-15-16-25-24-11-7-8-12-27(24)29(3,4)28(25)18-22;1-4-8-17-21-19(23-25(17)5-2)15-11-14(3)12-16(13-15)20-22-18-9-6-7-10-26(18)24-20/h5-7,9-11,13-18H,8,12H2,1-4H3;4,6-13H,5H2,1-3H3/b;8-4-. The van der Waals surface area contributed by atoms with Crippen LogP contribution in [0.4, 0.5) is 0 Å². The molecule has 0 spiro atoms. The first-order valence-corrected chi connectivity index (χ1v) is 19.4. The second-order valence-corrected chi connectivity index (χ2v) is 15.2. The molecule has 4 aromatic carbocycles. The molecule has 0 atom stereocenters. The molecule has 55 heavy (non-hydrogen) atoms. The van der Waals surface area contributed by atoms with Crippen molar-refractivity contribution in [3.05, 3.63) is 161 Å². The predicted molar refractivity (Wildman–Crippen MR) is 228 cm³/mol. The summed E-state index contributed by atoms with van der Waals surface area (Å²) in [5.41, 5.74) is 17.9. The van der Waals surface area contributed by atoms with Gasteiger partial charge in [-0.15, -0.1) is 5.10 Å². The minimum Gasteiger partial charge on any atom is -0.246 e. The van der Waals surface area contributed by atoms with E-state index >= 15 is 0 Å². The summed E-state index contributed by atoms with van der Waals surface area (Å²) >= 11 is 0. The van der Waals surface area contributed by atoms with Crippen LogP contribution in [0.2, 0.25) is 0 Å². The lowest BCUT2D eigenvalue weighted by atomic mass is 9.78. The zero-order valence-corrected chi connectivity index (χ0v) is 32.9. The van der Waals surface area contributed by atoms with Crippen LogP contribution >= 0.6 is 0 Å². The third-order valence-electron chi connectivity index (χ3n) is 11.1. The largest absolute Gasteiger partial charge is 0.246 e. The smallest absolute Gasteiger partial charge is 0.182 e. The number of fused-ring (bicyclic) bond motifs is 3. The van der Waals surface area contributed by atoms with Gasteiger partial charge in [0.15, 0.2) is 23.1 Å². The van der Waals surface area contributed by atoms with Crippen molar-refractivity contribution in [2.45, 2.75) is 73.3 Å². The minimum atomic E-state index is 0.120. The Hall–Kier alpha value is -6.14. The van der Waals surface area contributed by atoms with Gasteiger partial charge in [-0.05, 0) is 152 Å². The van der Waals surface area contributed by atoms with Crippen LogP contribution in [0, 0.1) is 20.8 Å². The van der Waals surface area contributed by atoms with E-state index < -0.39 is 0 Å². The number of pyridine rings is 1. The molecule has 2 aliphatic rings. The molecule has 6 heteroatoms. The van der Waals surface area contributed by atoms with Crippen LogP contribution in [0.5, 0.6) is 0 Å². The molecule has 7 aromatic rings. The Labute approximate surface area is 324 Å². The third-order valence-corrected chi connectivity index (χ3v) is 11.1. The van der Waals surface area contributed by atoms with Crippen LogP contribution in [0.3, 0.4) is 0 Å². The van der Waals surface area contributed by atoms with Gasteiger partial charge in [0.1, 0.15) is 0 Å². The lowest BCUT2D eigenvalue weighted by Gasteiger charge is -2.26. The predicted octanol–water partition coefficient (Wildman–Crippen LogP) is 12.0. The minimum absolute atomic E-state index is 0.120. The zero-order chi connectivity index (χ0) is 38.3. The van der Waals surface area contributed by atoms with E-state index in [0.717, 1.165) is 34.7 Å². The second kappa shape index (κ2) is 14.6. The van der Waals surface area contributed by atoms with Crippen molar-refractivity contribution in [2.75, 3.05) is 0 Å². The number of rotatable bonds is 6. The van der Waals surface area contributed by atoms with Gasteiger partial charge in [-0.2, -0.15) is 5.10 Å². The number of allylic oxidation sites excluding steroid dienone is 5. The van der Waals surface area contributed by atoms with Crippen molar-refractivity contribution >= 4 is 17.3 Å². The number of nitrogens with zero attached hydrogens (tertiary/aromatic N) is 6. The summed E-state index contributed by atoms with van der Waals surface area (Å²) in [6.45, 7) is 16.1. The summed E-state index contributed by atoms with van der Waals surface area (Å²) in [6.07, 6.45) is 12.9. The van der Waals surface area contributed by atoms with Crippen molar-refractivity contribution in [3.63, 3.8) is 0 Å². The average Bonchev–Trinajstić information content (AvgIpc) is 3.88. The monoisotopic (exact) mass is 720 g/mol. The SMILES string of the molecule is C/C=C\c1nc(-c2cc(C)cc(-c3nc4ccccn4n3)c2)nn1CC.Cc1ccccc1-c1cc(-c2ccc3c(c2)C(C)(C)C2=C3C=CCC2)ccc1C. The zero-order valence-electron chi connectivity index (χ0n) is 32.9. The van der Waals surface area contributed by atoms with Crippen LogP contribution in [-0.4, -0.2) is 29.4 Å². The molecular formula is C49H48N6. The van der Waals surface area contributed by atoms with Crippen molar-refractivity contribution < 1.29 is 0 Å². The van der Waals surface area contributed by atoms with E-state index in [-0.39, 0.29) is 5.41 Å². The van der Waals surface area contributed by atoms with Crippen molar-refractivity contribution in [1.29, 1.82) is 0 Å². The van der Waals surface area contributed by atoms with Gasteiger partial charge in [0.2, 0.25) is 0 Å². The maximum atomic E-state index is 4.68. The first-order chi connectivity index (χ1) is 26.6.